The third-order valence-corrected chi connectivity index (χ3v) is 3.80. The Bertz CT molecular complexity index is 545. The van der Waals surface area contributed by atoms with E-state index in [4.69, 9.17) is 15.2 Å². The van der Waals surface area contributed by atoms with Crippen molar-refractivity contribution in [2.45, 2.75) is 19.1 Å². The van der Waals surface area contributed by atoms with E-state index in [0.29, 0.717) is 13.2 Å². The van der Waals surface area contributed by atoms with Crippen LogP contribution in [0.5, 0.6) is 5.75 Å². The van der Waals surface area contributed by atoms with Gasteiger partial charge in [-0.25, -0.2) is 0 Å². The molecule has 3 nitrogen and oxygen atoms in total. The Kier molecular flexibility index (Phi) is 6.23. The molecule has 0 heterocycles. The van der Waals surface area contributed by atoms with E-state index < -0.39 is 0 Å². The second-order valence-electron chi connectivity index (χ2n) is 4.83. The van der Waals surface area contributed by atoms with Gasteiger partial charge >= 0.3 is 0 Å². The second-order valence-corrected chi connectivity index (χ2v) is 5.69. The fourth-order valence-corrected chi connectivity index (χ4v) is 2.59. The maximum absolute atomic E-state index is 6.04. The highest BCUT2D eigenvalue weighted by atomic mass is 79.9. The summed E-state index contributed by atoms with van der Waals surface area (Å²) in [5, 5.41) is 0. The summed E-state index contributed by atoms with van der Waals surface area (Å²) >= 11 is 3.54. The van der Waals surface area contributed by atoms with Crippen molar-refractivity contribution in [1.29, 1.82) is 0 Å². The molecule has 0 amide bonds. The van der Waals surface area contributed by atoms with Gasteiger partial charge in [-0.05, 0) is 30.7 Å². The zero-order valence-electron chi connectivity index (χ0n) is 12.0. The Balaban J connectivity index is 1.88. The highest BCUT2D eigenvalue weighted by Gasteiger charge is 2.19. The van der Waals surface area contributed by atoms with Crippen LogP contribution in [0.25, 0.3) is 0 Å². The smallest absolute Gasteiger partial charge is 0.119 e. The lowest BCUT2D eigenvalue weighted by molar-refractivity contribution is 0.0204. The zero-order chi connectivity index (χ0) is 15.1. The van der Waals surface area contributed by atoms with Crippen LogP contribution in [0.15, 0.2) is 59.1 Å². The van der Waals surface area contributed by atoms with E-state index in [2.05, 4.69) is 15.9 Å². The summed E-state index contributed by atoms with van der Waals surface area (Å²) in [6.07, 6.45) is -0.153. The molecule has 0 fully saturated rings. The molecule has 0 saturated carbocycles. The normalized spacial score (nSPS) is 13.7. The number of halogens is 1. The Morgan fingerprint density at radius 1 is 1.00 bits per heavy atom. The molecule has 112 valence electrons. The first-order valence-corrected chi connectivity index (χ1v) is 7.77. The predicted molar refractivity (Wildman–Crippen MR) is 88.4 cm³/mol. The van der Waals surface area contributed by atoms with Gasteiger partial charge in [0.15, 0.2) is 0 Å². The molecule has 0 aliphatic heterocycles. The van der Waals surface area contributed by atoms with Gasteiger partial charge in [0.1, 0.15) is 12.4 Å². The molecular formula is C17H20BrNO2. The van der Waals surface area contributed by atoms with Crippen LogP contribution in [0.1, 0.15) is 18.6 Å². The van der Waals surface area contributed by atoms with Crippen molar-refractivity contribution >= 4 is 15.9 Å². The summed E-state index contributed by atoms with van der Waals surface area (Å²) in [4.78, 5) is 0. The minimum Gasteiger partial charge on any atom is -0.491 e. The number of hydrogen-bond acceptors (Lipinski definition) is 3. The molecule has 2 aromatic carbocycles. The number of rotatable bonds is 7. The molecule has 21 heavy (non-hydrogen) atoms. The molecule has 0 aliphatic rings. The quantitative estimate of drug-likeness (QED) is 0.770. The fraction of sp³-hybridized carbons (Fsp3) is 0.294. The molecule has 0 saturated heterocycles. The fourth-order valence-electron chi connectivity index (χ4n) is 2.08. The standard InChI is InChI=1S/C17H20BrNO2/c1-13(19)17(15-9-5-6-10-16(15)18)21-12-11-20-14-7-3-2-4-8-14/h2-10,13,17H,11-12,19H2,1H3. The largest absolute Gasteiger partial charge is 0.491 e. The van der Waals surface area contributed by atoms with Crippen LogP contribution in [0, 0.1) is 0 Å². The predicted octanol–water partition coefficient (Wildman–Crippen LogP) is 3.93. The molecule has 0 aliphatic carbocycles. The number of nitrogens with two attached hydrogens (primary N) is 1. The van der Waals surface area contributed by atoms with E-state index >= 15 is 0 Å². The lowest BCUT2D eigenvalue weighted by Gasteiger charge is -2.23. The van der Waals surface area contributed by atoms with Gasteiger partial charge in [-0.3, -0.25) is 0 Å². The minimum absolute atomic E-state index is 0.0968. The number of hydrogen-bond donors (Lipinski definition) is 1. The lowest BCUT2D eigenvalue weighted by atomic mass is 10.0. The van der Waals surface area contributed by atoms with Crippen molar-refractivity contribution < 1.29 is 9.47 Å². The summed E-state index contributed by atoms with van der Waals surface area (Å²) < 4.78 is 12.5. The van der Waals surface area contributed by atoms with Crippen LogP contribution in [0.4, 0.5) is 0 Å². The van der Waals surface area contributed by atoms with Crippen LogP contribution in [-0.4, -0.2) is 19.3 Å². The molecule has 2 aromatic rings. The van der Waals surface area contributed by atoms with E-state index in [1.54, 1.807) is 0 Å². The Hall–Kier alpha value is -1.36. The van der Waals surface area contributed by atoms with E-state index in [9.17, 15) is 0 Å². The van der Waals surface area contributed by atoms with E-state index in [-0.39, 0.29) is 12.1 Å². The molecule has 4 heteroatoms. The van der Waals surface area contributed by atoms with E-state index in [0.717, 1.165) is 15.8 Å². The lowest BCUT2D eigenvalue weighted by Crippen LogP contribution is -2.28. The van der Waals surface area contributed by atoms with E-state index in [1.807, 2.05) is 61.5 Å². The summed E-state index contributed by atoms with van der Waals surface area (Å²) in [6.45, 7) is 2.93. The molecule has 0 bridgehead atoms. The van der Waals surface area contributed by atoms with Gasteiger partial charge in [0.25, 0.3) is 0 Å². The molecular weight excluding hydrogens is 330 g/mol. The Morgan fingerprint density at radius 3 is 2.33 bits per heavy atom. The topological polar surface area (TPSA) is 44.5 Å². The summed E-state index contributed by atoms with van der Waals surface area (Å²) in [5.41, 5.74) is 7.11. The number of ether oxygens (including phenoxy) is 2. The van der Waals surface area contributed by atoms with Crippen molar-refractivity contribution in [3.05, 3.63) is 64.6 Å². The van der Waals surface area contributed by atoms with Crippen LogP contribution >= 0.6 is 15.9 Å². The van der Waals surface area contributed by atoms with Gasteiger partial charge in [-0.15, -0.1) is 0 Å². The molecule has 0 aromatic heterocycles. The molecule has 2 atom stereocenters. The Labute approximate surface area is 134 Å². The first kappa shape index (κ1) is 16.0. The maximum Gasteiger partial charge on any atom is 0.119 e. The van der Waals surface area contributed by atoms with Crippen molar-refractivity contribution in [1.82, 2.24) is 0 Å². The van der Waals surface area contributed by atoms with Gasteiger partial charge in [0, 0.05) is 10.5 Å². The highest BCUT2D eigenvalue weighted by Crippen LogP contribution is 2.27. The molecule has 0 spiro atoms. The first-order chi connectivity index (χ1) is 10.2. The van der Waals surface area contributed by atoms with Crippen LogP contribution in [0.3, 0.4) is 0 Å². The Morgan fingerprint density at radius 2 is 1.67 bits per heavy atom. The molecule has 2 unspecified atom stereocenters. The minimum atomic E-state index is -0.153. The number of para-hydroxylation sites is 1. The summed E-state index contributed by atoms with van der Waals surface area (Å²) in [5.74, 6) is 0.847. The van der Waals surface area contributed by atoms with Gasteiger partial charge in [-0.1, -0.05) is 52.3 Å². The van der Waals surface area contributed by atoms with Crippen LogP contribution in [0.2, 0.25) is 0 Å². The summed E-state index contributed by atoms with van der Waals surface area (Å²) in [6, 6.07) is 17.6. The molecule has 2 N–H and O–H groups in total. The van der Waals surface area contributed by atoms with Crippen LogP contribution < -0.4 is 10.5 Å². The van der Waals surface area contributed by atoms with E-state index in [1.165, 1.54) is 0 Å². The molecule has 0 radical (unpaired) electrons. The second kappa shape index (κ2) is 8.17. The van der Waals surface area contributed by atoms with Crippen molar-refractivity contribution in [2.24, 2.45) is 5.73 Å². The SMILES string of the molecule is CC(N)C(OCCOc1ccccc1)c1ccccc1Br. The zero-order valence-corrected chi connectivity index (χ0v) is 13.6. The van der Waals surface area contributed by atoms with Crippen molar-refractivity contribution in [3.63, 3.8) is 0 Å². The van der Waals surface area contributed by atoms with Gasteiger partial charge in [0.05, 0.1) is 12.7 Å². The maximum atomic E-state index is 6.04. The average Bonchev–Trinajstić information content (AvgIpc) is 2.49. The average molecular weight is 350 g/mol. The van der Waals surface area contributed by atoms with Crippen molar-refractivity contribution in [2.75, 3.05) is 13.2 Å². The van der Waals surface area contributed by atoms with Gasteiger partial charge < -0.3 is 15.2 Å². The number of benzene rings is 2. The van der Waals surface area contributed by atoms with Gasteiger partial charge in [-0.2, -0.15) is 0 Å². The highest BCUT2D eigenvalue weighted by molar-refractivity contribution is 9.10. The first-order valence-electron chi connectivity index (χ1n) is 6.98. The third-order valence-electron chi connectivity index (χ3n) is 3.08. The third kappa shape index (κ3) is 4.84. The summed E-state index contributed by atoms with van der Waals surface area (Å²) in [7, 11) is 0. The monoisotopic (exact) mass is 349 g/mol. The molecule has 2 rings (SSSR count). The van der Waals surface area contributed by atoms with Crippen molar-refractivity contribution in [3.8, 4) is 5.75 Å². The van der Waals surface area contributed by atoms with Crippen LogP contribution in [-0.2, 0) is 4.74 Å². The van der Waals surface area contributed by atoms with Gasteiger partial charge in [0.2, 0.25) is 0 Å².